The molecule has 4 nitrogen and oxygen atoms in total. The number of nitrogens with zero attached hydrogens (tertiary/aromatic N) is 1. The highest BCUT2D eigenvalue weighted by Crippen LogP contribution is 2.25. The summed E-state index contributed by atoms with van der Waals surface area (Å²) in [5.74, 6) is 0.0272. The Morgan fingerprint density at radius 2 is 2.22 bits per heavy atom. The minimum absolute atomic E-state index is 0.261. The van der Waals surface area contributed by atoms with Crippen molar-refractivity contribution in [2.24, 2.45) is 0 Å². The number of hydrogen-bond acceptors (Lipinski definition) is 4. The van der Waals surface area contributed by atoms with Crippen LogP contribution in [0.25, 0.3) is 0 Å². The Morgan fingerprint density at radius 3 is 2.72 bits per heavy atom. The molecular weight excluding hydrogens is 248 g/mol. The van der Waals surface area contributed by atoms with E-state index in [4.69, 9.17) is 5.73 Å². The van der Waals surface area contributed by atoms with Gasteiger partial charge in [0.2, 0.25) is 0 Å². The van der Waals surface area contributed by atoms with E-state index in [1.54, 1.807) is 23.9 Å². The molecule has 0 saturated carbocycles. The molecule has 0 aliphatic carbocycles. The van der Waals surface area contributed by atoms with Gasteiger partial charge in [0.1, 0.15) is 0 Å². The molecule has 1 unspecified atom stereocenters. The van der Waals surface area contributed by atoms with Crippen LogP contribution >= 0.6 is 11.8 Å². The first kappa shape index (κ1) is 14.7. The van der Waals surface area contributed by atoms with Crippen LogP contribution < -0.4 is 10.6 Å². The summed E-state index contributed by atoms with van der Waals surface area (Å²) in [6.45, 7) is 2.11. The van der Waals surface area contributed by atoms with E-state index < -0.39 is 5.97 Å². The Kier molecular flexibility index (Phi) is 5.34. The molecule has 1 atom stereocenters. The predicted molar refractivity (Wildman–Crippen MR) is 78.7 cm³/mol. The van der Waals surface area contributed by atoms with Gasteiger partial charge in [-0.2, -0.15) is 11.8 Å². The van der Waals surface area contributed by atoms with Crippen LogP contribution in [0.15, 0.2) is 18.2 Å². The lowest BCUT2D eigenvalue weighted by Crippen LogP contribution is -2.34. The molecule has 18 heavy (non-hydrogen) atoms. The summed E-state index contributed by atoms with van der Waals surface area (Å²) in [7, 11) is 1.93. The minimum atomic E-state index is -0.942. The number of rotatable bonds is 6. The number of carbonyl (C=O) groups is 1. The van der Waals surface area contributed by atoms with Crippen molar-refractivity contribution in [3.63, 3.8) is 0 Å². The molecule has 0 heterocycles. The Morgan fingerprint density at radius 1 is 1.56 bits per heavy atom. The molecule has 1 rings (SSSR count). The lowest BCUT2D eigenvalue weighted by Gasteiger charge is -2.30. The number of hydrogen-bond donors (Lipinski definition) is 2. The normalized spacial score (nSPS) is 12.2. The van der Waals surface area contributed by atoms with Crippen LogP contribution in [0.1, 0.15) is 23.7 Å². The number of anilines is 2. The van der Waals surface area contributed by atoms with Crippen molar-refractivity contribution < 1.29 is 9.90 Å². The van der Waals surface area contributed by atoms with E-state index in [0.717, 1.165) is 17.9 Å². The van der Waals surface area contributed by atoms with Gasteiger partial charge in [0.05, 0.1) is 11.3 Å². The van der Waals surface area contributed by atoms with Gasteiger partial charge in [-0.15, -0.1) is 0 Å². The predicted octanol–water partition coefficient (Wildman–Crippen LogP) is 2.54. The second kappa shape index (κ2) is 6.54. The quantitative estimate of drug-likeness (QED) is 0.776. The fourth-order valence-electron chi connectivity index (χ4n) is 1.93. The van der Waals surface area contributed by atoms with Gasteiger partial charge in [0.15, 0.2) is 0 Å². The summed E-state index contributed by atoms with van der Waals surface area (Å²) in [4.78, 5) is 13.3. The van der Waals surface area contributed by atoms with Gasteiger partial charge in [0.25, 0.3) is 0 Å². The summed E-state index contributed by atoms with van der Waals surface area (Å²) < 4.78 is 0. The van der Waals surface area contributed by atoms with Gasteiger partial charge in [-0.1, -0.05) is 6.92 Å². The van der Waals surface area contributed by atoms with Crippen molar-refractivity contribution in [1.82, 2.24) is 0 Å². The Hall–Kier alpha value is -1.36. The Labute approximate surface area is 112 Å². The van der Waals surface area contributed by atoms with Crippen LogP contribution in [0.4, 0.5) is 11.4 Å². The summed E-state index contributed by atoms with van der Waals surface area (Å²) in [6.07, 6.45) is 3.03. The average Bonchev–Trinajstić information content (AvgIpc) is 2.35. The highest BCUT2D eigenvalue weighted by atomic mass is 32.2. The van der Waals surface area contributed by atoms with Gasteiger partial charge in [-0.05, 0) is 30.9 Å². The number of benzene rings is 1. The van der Waals surface area contributed by atoms with E-state index >= 15 is 0 Å². The van der Waals surface area contributed by atoms with Crippen molar-refractivity contribution >= 4 is 29.1 Å². The first-order chi connectivity index (χ1) is 8.51. The Balaban J connectivity index is 3.11. The van der Waals surface area contributed by atoms with Gasteiger partial charge in [-0.25, -0.2) is 4.79 Å². The second-order valence-electron chi connectivity index (χ2n) is 4.21. The molecule has 0 radical (unpaired) electrons. The molecule has 100 valence electrons. The summed E-state index contributed by atoms with van der Waals surface area (Å²) in [5.41, 5.74) is 7.10. The minimum Gasteiger partial charge on any atom is -0.478 e. The molecule has 0 spiro atoms. The van der Waals surface area contributed by atoms with Crippen molar-refractivity contribution in [1.29, 1.82) is 0 Å². The molecule has 0 aliphatic rings. The fraction of sp³-hybridized carbons (Fsp3) is 0.462. The molecule has 3 N–H and O–H groups in total. The average molecular weight is 268 g/mol. The van der Waals surface area contributed by atoms with Crippen LogP contribution in [0.2, 0.25) is 0 Å². The molecular formula is C13H20N2O2S. The summed E-state index contributed by atoms with van der Waals surface area (Å²) >= 11 is 1.76. The molecule has 0 saturated heterocycles. The highest BCUT2D eigenvalue weighted by Gasteiger charge is 2.19. The van der Waals surface area contributed by atoms with E-state index in [9.17, 15) is 9.90 Å². The SMILES string of the molecule is CCC(CSC)N(C)c1ccc(N)cc1C(=O)O. The highest BCUT2D eigenvalue weighted by molar-refractivity contribution is 7.98. The Bertz CT molecular complexity index is 423. The van der Waals surface area contributed by atoms with E-state index in [1.165, 1.54) is 6.07 Å². The number of nitrogen functional groups attached to an aromatic ring is 1. The lowest BCUT2D eigenvalue weighted by atomic mass is 10.1. The third-order valence-corrected chi connectivity index (χ3v) is 3.73. The zero-order valence-corrected chi connectivity index (χ0v) is 11.8. The molecule has 1 aromatic carbocycles. The fourth-order valence-corrected chi connectivity index (χ4v) is 2.77. The third-order valence-electron chi connectivity index (χ3n) is 3.01. The van der Waals surface area contributed by atoms with Gasteiger partial charge < -0.3 is 15.7 Å². The van der Waals surface area contributed by atoms with Crippen LogP contribution in [-0.2, 0) is 0 Å². The molecule has 0 amide bonds. The van der Waals surface area contributed by atoms with E-state index in [2.05, 4.69) is 13.2 Å². The van der Waals surface area contributed by atoms with Crippen molar-refractivity contribution in [2.45, 2.75) is 19.4 Å². The van der Waals surface area contributed by atoms with Crippen molar-refractivity contribution in [3.8, 4) is 0 Å². The van der Waals surface area contributed by atoms with Crippen molar-refractivity contribution in [3.05, 3.63) is 23.8 Å². The van der Waals surface area contributed by atoms with Gasteiger partial charge in [-0.3, -0.25) is 0 Å². The molecule has 0 fully saturated rings. The number of nitrogens with two attached hydrogens (primary N) is 1. The maximum absolute atomic E-state index is 11.3. The van der Waals surface area contributed by atoms with Crippen LogP contribution in [0.3, 0.4) is 0 Å². The van der Waals surface area contributed by atoms with Crippen LogP contribution in [0, 0.1) is 0 Å². The van der Waals surface area contributed by atoms with Crippen LogP contribution in [-0.4, -0.2) is 36.2 Å². The maximum Gasteiger partial charge on any atom is 0.337 e. The van der Waals surface area contributed by atoms with E-state index in [0.29, 0.717) is 11.7 Å². The molecule has 5 heteroatoms. The van der Waals surface area contributed by atoms with E-state index in [-0.39, 0.29) is 5.56 Å². The van der Waals surface area contributed by atoms with Gasteiger partial charge >= 0.3 is 5.97 Å². The number of aromatic carboxylic acids is 1. The molecule has 0 aromatic heterocycles. The van der Waals surface area contributed by atoms with Gasteiger partial charge in [0, 0.05) is 24.5 Å². The monoisotopic (exact) mass is 268 g/mol. The lowest BCUT2D eigenvalue weighted by molar-refractivity contribution is 0.0697. The second-order valence-corrected chi connectivity index (χ2v) is 5.12. The molecule has 0 aliphatic heterocycles. The molecule has 1 aromatic rings. The number of carboxylic acid groups (broad SMARTS) is 1. The summed E-state index contributed by atoms with van der Waals surface area (Å²) in [5, 5.41) is 9.24. The summed E-state index contributed by atoms with van der Waals surface area (Å²) in [6, 6.07) is 5.35. The van der Waals surface area contributed by atoms with Crippen LogP contribution in [0.5, 0.6) is 0 Å². The van der Waals surface area contributed by atoms with E-state index in [1.807, 2.05) is 11.9 Å². The molecule has 0 bridgehead atoms. The topological polar surface area (TPSA) is 66.6 Å². The zero-order chi connectivity index (χ0) is 13.7. The smallest absolute Gasteiger partial charge is 0.337 e. The maximum atomic E-state index is 11.3. The number of carboxylic acids is 1. The first-order valence-corrected chi connectivity index (χ1v) is 7.25. The largest absolute Gasteiger partial charge is 0.478 e. The standard InChI is InChI=1S/C13H20N2O2S/c1-4-10(8-18-3)15(2)12-6-5-9(14)7-11(12)13(16)17/h5-7,10H,4,8,14H2,1-3H3,(H,16,17). The zero-order valence-electron chi connectivity index (χ0n) is 11.0. The third kappa shape index (κ3) is 3.32. The van der Waals surface area contributed by atoms with Crippen molar-refractivity contribution in [2.75, 3.05) is 29.7 Å². The number of thioether (sulfide) groups is 1. The first-order valence-electron chi connectivity index (χ1n) is 5.85.